The van der Waals surface area contributed by atoms with E-state index in [9.17, 15) is 14.3 Å². The van der Waals surface area contributed by atoms with E-state index in [1.165, 1.54) is 17.4 Å². The highest BCUT2D eigenvalue weighted by molar-refractivity contribution is 7.25. The smallest absolute Gasteiger partial charge is 0.263 e. The van der Waals surface area contributed by atoms with Gasteiger partial charge in [-0.25, -0.2) is 14.4 Å². The second kappa shape index (κ2) is 8.52. The van der Waals surface area contributed by atoms with Crippen LogP contribution in [0.5, 0.6) is 5.75 Å². The predicted octanol–water partition coefficient (Wildman–Crippen LogP) is 6.77. The van der Waals surface area contributed by atoms with E-state index in [4.69, 9.17) is 9.40 Å². The van der Waals surface area contributed by atoms with Gasteiger partial charge in [-0.15, -0.1) is 11.3 Å². The summed E-state index contributed by atoms with van der Waals surface area (Å²) in [6.07, 6.45) is 3.16. The lowest BCUT2D eigenvalue weighted by atomic mass is 10.0. The molecule has 0 radical (unpaired) electrons. The van der Waals surface area contributed by atoms with Gasteiger partial charge < -0.3 is 9.52 Å². The maximum atomic E-state index is 14.2. The molecule has 3 aromatic heterocycles. The van der Waals surface area contributed by atoms with Crippen molar-refractivity contribution in [2.24, 2.45) is 0 Å². The van der Waals surface area contributed by atoms with Crippen LogP contribution < -0.4 is 5.56 Å². The van der Waals surface area contributed by atoms with Gasteiger partial charge in [0.05, 0.1) is 10.1 Å². The fourth-order valence-corrected chi connectivity index (χ4v) is 6.14. The van der Waals surface area contributed by atoms with Crippen molar-refractivity contribution in [1.29, 1.82) is 0 Å². The number of phenols is 1. The Hall–Kier alpha value is -4.04. The van der Waals surface area contributed by atoms with Crippen molar-refractivity contribution in [3.63, 3.8) is 0 Å². The van der Waals surface area contributed by atoms with E-state index >= 15 is 0 Å². The molecule has 0 aliphatic heterocycles. The standard InChI is InChI=1S/C29H22FN3O3S/c30-17-12-13-18(20(15-17)16-10-11-16)27-32-28-25(19-5-3-7-22(34)26(19)37-28)29(35)33(27)14-4-9-24-31-21-6-1-2-8-23(21)36-24/h1-3,5-8,12-13,15-16,34H,4,9-11,14H2. The van der Waals surface area contributed by atoms with Gasteiger partial charge in [0.25, 0.3) is 5.56 Å². The first-order valence-electron chi connectivity index (χ1n) is 12.4. The number of thiophene rings is 1. The lowest BCUT2D eigenvalue weighted by Crippen LogP contribution is -2.24. The van der Waals surface area contributed by atoms with Crippen LogP contribution in [0.2, 0.25) is 0 Å². The highest BCUT2D eigenvalue weighted by atomic mass is 32.1. The number of hydrogen-bond acceptors (Lipinski definition) is 6. The summed E-state index contributed by atoms with van der Waals surface area (Å²) < 4.78 is 22.4. The maximum Gasteiger partial charge on any atom is 0.263 e. The number of aromatic nitrogens is 3. The summed E-state index contributed by atoms with van der Waals surface area (Å²) in [5.74, 6) is 1.27. The van der Waals surface area contributed by atoms with Crippen molar-refractivity contribution in [2.75, 3.05) is 0 Å². The summed E-state index contributed by atoms with van der Waals surface area (Å²) in [4.78, 5) is 24.1. The van der Waals surface area contributed by atoms with Gasteiger partial charge in [0.1, 0.15) is 27.7 Å². The second-order valence-corrected chi connectivity index (χ2v) is 10.5. The van der Waals surface area contributed by atoms with Gasteiger partial charge in [0.2, 0.25) is 0 Å². The summed E-state index contributed by atoms with van der Waals surface area (Å²) >= 11 is 1.30. The zero-order valence-corrected chi connectivity index (χ0v) is 20.6. The fraction of sp³-hybridized carbons (Fsp3) is 0.207. The van der Waals surface area contributed by atoms with Crippen LogP contribution in [0.3, 0.4) is 0 Å². The molecule has 3 aromatic carbocycles. The van der Waals surface area contributed by atoms with Crippen LogP contribution in [0, 0.1) is 5.82 Å². The number of aryl methyl sites for hydroxylation is 1. The van der Waals surface area contributed by atoms with Crippen molar-refractivity contribution >= 4 is 42.7 Å². The topological polar surface area (TPSA) is 81.2 Å². The van der Waals surface area contributed by atoms with Gasteiger partial charge in [0.15, 0.2) is 11.5 Å². The van der Waals surface area contributed by atoms with Crippen LogP contribution in [-0.2, 0) is 13.0 Å². The molecule has 6 aromatic rings. The van der Waals surface area contributed by atoms with Gasteiger partial charge in [0, 0.05) is 23.9 Å². The first-order chi connectivity index (χ1) is 18.1. The number of hydrogen-bond donors (Lipinski definition) is 1. The first kappa shape index (κ1) is 22.2. The molecule has 1 aliphatic carbocycles. The zero-order chi connectivity index (χ0) is 25.1. The van der Waals surface area contributed by atoms with Gasteiger partial charge in [-0.05, 0) is 67.1 Å². The van der Waals surface area contributed by atoms with E-state index in [0.717, 1.165) is 35.1 Å². The molecule has 7 rings (SSSR count). The highest BCUT2D eigenvalue weighted by Gasteiger charge is 2.29. The van der Waals surface area contributed by atoms with Crippen molar-refractivity contribution in [3.8, 4) is 17.1 Å². The highest BCUT2D eigenvalue weighted by Crippen LogP contribution is 2.45. The van der Waals surface area contributed by atoms with Crippen molar-refractivity contribution in [1.82, 2.24) is 14.5 Å². The van der Waals surface area contributed by atoms with Crippen LogP contribution in [0.25, 0.3) is 42.8 Å². The number of aromatic hydroxyl groups is 1. The number of oxazole rings is 1. The summed E-state index contributed by atoms with van der Waals surface area (Å²) in [5.41, 5.74) is 3.06. The molecule has 0 saturated heterocycles. The molecular formula is C29H22FN3O3S. The van der Waals surface area contributed by atoms with Crippen LogP contribution in [0.15, 0.2) is 69.9 Å². The average Bonchev–Trinajstić information content (AvgIpc) is 3.54. The van der Waals surface area contributed by atoms with Gasteiger partial charge >= 0.3 is 0 Å². The summed E-state index contributed by atoms with van der Waals surface area (Å²) in [7, 11) is 0. The minimum atomic E-state index is -0.289. The molecule has 3 heterocycles. The van der Waals surface area contributed by atoms with Gasteiger partial charge in [-0.1, -0.05) is 24.3 Å². The van der Waals surface area contributed by atoms with Crippen LogP contribution in [0.1, 0.15) is 36.6 Å². The molecule has 184 valence electrons. The minimum Gasteiger partial charge on any atom is -0.506 e. The molecule has 0 amide bonds. The Morgan fingerprint density at radius 1 is 1.08 bits per heavy atom. The van der Waals surface area contributed by atoms with E-state index in [1.807, 2.05) is 30.3 Å². The van der Waals surface area contributed by atoms with E-state index in [2.05, 4.69) is 4.98 Å². The Kier molecular flexibility index (Phi) is 5.11. The third-order valence-electron chi connectivity index (χ3n) is 6.98. The average molecular weight is 512 g/mol. The Bertz CT molecular complexity index is 1850. The third kappa shape index (κ3) is 3.79. The molecule has 8 heteroatoms. The van der Waals surface area contributed by atoms with E-state index in [-0.39, 0.29) is 23.0 Å². The molecular weight excluding hydrogens is 489 g/mol. The lowest BCUT2D eigenvalue weighted by molar-refractivity contribution is 0.482. The number of rotatable bonds is 6. The predicted molar refractivity (Wildman–Crippen MR) is 143 cm³/mol. The number of nitrogens with zero attached hydrogens (tertiary/aromatic N) is 3. The zero-order valence-electron chi connectivity index (χ0n) is 19.8. The second-order valence-electron chi connectivity index (χ2n) is 9.51. The third-order valence-corrected chi connectivity index (χ3v) is 8.10. The lowest BCUT2D eigenvalue weighted by Gasteiger charge is -2.15. The van der Waals surface area contributed by atoms with E-state index in [0.29, 0.717) is 51.4 Å². The molecule has 0 spiro atoms. The van der Waals surface area contributed by atoms with Crippen LogP contribution in [0.4, 0.5) is 4.39 Å². The summed E-state index contributed by atoms with van der Waals surface area (Å²) in [6.45, 7) is 0.396. The SMILES string of the molecule is O=c1c2c(nc(-c3ccc(F)cc3C3CC3)n1CCCc1nc3ccccc3o1)sc1c(O)cccc12. The quantitative estimate of drug-likeness (QED) is 0.267. The Morgan fingerprint density at radius 3 is 2.78 bits per heavy atom. The minimum absolute atomic E-state index is 0.129. The van der Waals surface area contributed by atoms with Crippen molar-refractivity contribution in [3.05, 3.63) is 88.3 Å². The van der Waals surface area contributed by atoms with Crippen LogP contribution in [-0.4, -0.2) is 19.6 Å². The summed E-state index contributed by atoms with van der Waals surface area (Å²) in [5, 5.41) is 11.6. The Balaban J connectivity index is 1.36. The van der Waals surface area contributed by atoms with Crippen molar-refractivity contribution < 1.29 is 13.9 Å². The molecule has 1 saturated carbocycles. The van der Waals surface area contributed by atoms with E-state index < -0.39 is 0 Å². The van der Waals surface area contributed by atoms with Crippen molar-refractivity contribution in [2.45, 2.75) is 38.1 Å². The van der Waals surface area contributed by atoms with Crippen LogP contribution >= 0.6 is 11.3 Å². The Labute approximate surface area is 214 Å². The number of fused-ring (bicyclic) bond motifs is 4. The molecule has 37 heavy (non-hydrogen) atoms. The first-order valence-corrected chi connectivity index (χ1v) is 13.2. The van der Waals surface area contributed by atoms with Gasteiger partial charge in [-0.3, -0.25) is 9.36 Å². The molecule has 1 fully saturated rings. The maximum absolute atomic E-state index is 14.2. The molecule has 0 atom stereocenters. The fourth-order valence-electron chi connectivity index (χ4n) is 5.06. The molecule has 1 aliphatic rings. The van der Waals surface area contributed by atoms with E-state index in [1.54, 1.807) is 28.8 Å². The number of para-hydroxylation sites is 2. The molecule has 0 bridgehead atoms. The number of benzene rings is 3. The number of halogens is 1. The largest absolute Gasteiger partial charge is 0.506 e. The Morgan fingerprint density at radius 2 is 1.95 bits per heavy atom. The number of phenolic OH excluding ortho intramolecular Hbond substituents is 1. The monoisotopic (exact) mass is 511 g/mol. The molecule has 1 N–H and O–H groups in total. The molecule has 0 unspecified atom stereocenters. The molecule has 6 nitrogen and oxygen atoms in total. The normalized spacial score (nSPS) is 13.8. The van der Waals surface area contributed by atoms with Gasteiger partial charge in [-0.2, -0.15) is 0 Å². The summed E-state index contributed by atoms with van der Waals surface area (Å²) in [6, 6.07) is 17.6.